The average Bonchev–Trinajstić information content (AvgIpc) is 2.81. The van der Waals surface area contributed by atoms with Gasteiger partial charge in [-0.25, -0.2) is 0 Å². The average molecular weight is 269 g/mol. The number of nitrogens with one attached hydrogen (secondary N) is 2. The molecule has 0 bridgehead atoms. The number of carbonyl (C=O) groups is 1. The monoisotopic (exact) mass is 268 g/mol. The summed E-state index contributed by atoms with van der Waals surface area (Å²) in [4.78, 5) is 11.9. The second-order valence-corrected chi connectivity index (χ2v) is 4.85. The molecular formula is C13H17ClN2O2. The van der Waals surface area contributed by atoms with Crippen LogP contribution in [-0.2, 0) is 4.79 Å². The van der Waals surface area contributed by atoms with Gasteiger partial charge in [0.25, 0.3) is 5.91 Å². The molecule has 0 saturated carbocycles. The summed E-state index contributed by atoms with van der Waals surface area (Å²) in [7, 11) is 0. The van der Waals surface area contributed by atoms with Gasteiger partial charge in [0.1, 0.15) is 5.75 Å². The maximum absolute atomic E-state index is 11.9. The van der Waals surface area contributed by atoms with Crippen molar-refractivity contribution in [2.75, 3.05) is 13.1 Å². The van der Waals surface area contributed by atoms with E-state index in [2.05, 4.69) is 10.6 Å². The number of benzene rings is 1. The Labute approximate surface area is 112 Å². The Morgan fingerprint density at radius 2 is 2.44 bits per heavy atom. The predicted molar refractivity (Wildman–Crippen MR) is 71.0 cm³/mol. The molecule has 18 heavy (non-hydrogen) atoms. The molecule has 1 heterocycles. The highest BCUT2D eigenvalue weighted by Gasteiger charge is 2.21. The van der Waals surface area contributed by atoms with Gasteiger partial charge in [0.05, 0.1) is 0 Å². The third kappa shape index (κ3) is 3.62. The van der Waals surface area contributed by atoms with Crippen LogP contribution in [0.4, 0.5) is 0 Å². The number of ether oxygens (including phenoxy) is 1. The van der Waals surface area contributed by atoms with Crippen LogP contribution in [0.3, 0.4) is 0 Å². The molecule has 5 heteroatoms. The van der Waals surface area contributed by atoms with Crippen LogP contribution in [0.1, 0.15) is 13.3 Å². The SMILES string of the molecule is CC(Oc1cccc(Cl)c1)C(=O)N[C@@H]1CCNC1. The van der Waals surface area contributed by atoms with Crippen LogP contribution < -0.4 is 15.4 Å². The highest BCUT2D eigenvalue weighted by Crippen LogP contribution is 2.18. The molecule has 0 aliphatic carbocycles. The van der Waals surface area contributed by atoms with E-state index in [4.69, 9.17) is 16.3 Å². The molecule has 0 radical (unpaired) electrons. The van der Waals surface area contributed by atoms with Crippen LogP contribution in [0.25, 0.3) is 0 Å². The number of hydrogen-bond acceptors (Lipinski definition) is 3. The van der Waals surface area contributed by atoms with E-state index >= 15 is 0 Å². The summed E-state index contributed by atoms with van der Waals surface area (Å²) in [5.74, 6) is 0.512. The maximum Gasteiger partial charge on any atom is 0.261 e. The topological polar surface area (TPSA) is 50.4 Å². The van der Waals surface area contributed by atoms with Crippen molar-refractivity contribution in [1.29, 1.82) is 0 Å². The van der Waals surface area contributed by atoms with Crippen molar-refractivity contribution >= 4 is 17.5 Å². The van der Waals surface area contributed by atoms with E-state index in [1.54, 1.807) is 31.2 Å². The number of hydrogen-bond donors (Lipinski definition) is 2. The van der Waals surface area contributed by atoms with E-state index in [9.17, 15) is 4.79 Å². The summed E-state index contributed by atoms with van der Waals surface area (Å²) in [5.41, 5.74) is 0. The van der Waals surface area contributed by atoms with Crippen LogP contribution in [0.2, 0.25) is 5.02 Å². The molecule has 1 saturated heterocycles. The molecule has 98 valence electrons. The fourth-order valence-electron chi connectivity index (χ4n) is 1.89. The van der Waals surface area contributed by atoms with Gasteiger partial charge in [-0.3, -0.25) is 4.79 Å². The third-order valence-corrected chi connectivity index (χ3v) is 3.12. The number of halogens is 1. The number of amides is 1. The van der Waals surface area contributed by atoms with Crippen molar-refractivity contribution in [3.63, 3.8) is 0 Å². The van der Waals surface area contributed by atoms with Gasteiger partial charge in [0, 0.05) is 17.6 Å². The number of carbonyl (C=O) groups excluding carboxylic acids is 1. The first-order valence-corrected chi connectivity index (χ1v) is 6.46. The van der Waals surface area contributed by atoms with E-state index in [1.165, 1.54) is 0 Å². The van der Waals surface area contributed by atoms with Crippen molar-refractivity contribution in [3.8, 4) is 5.75 Å². The van der Waals surface area contributed by atoms with Gasteiger partial charge in [0.15, 0.2) is 6.10 Å². The summed E-state index contributed by atoms with van der Waals surface area (Å²) < 4.78 is 5.55. The molecule has 4 nitrogen and oxygen atoms in total. The minimum atomic E-state index is -0.524. The number of rotatable bonds is 4. The molecule has 0 spiro atoms. The van der Waals surface area contributed by atoms with E-state index in [0.29, 0.717) is 10.8 Å². The zero-order chi connectivity index (χ0) is 13.0. The Hall–Kier alpha value is -1.26. The lowest BCUT2D eigenvalue weighted by molar-refractivity contribution is -0.127. The Bertz CT molecular complexity index is 419. The van der Waals surface area contributed by atoms with Gasteiger partial charge in [-0.05, 0) is 38.1 Å². The summed E-state index contributed by atoms with van der Waals surface area (Å²) in [6.45, 7) is 3.52. The Morgan fingerprint density at radius 3 is 3.11 bits per heavy atom. The minimum Gasteiger partial charge on any atom is -0.481 e. The fourth-order valence-corrected chi connectivity index (χ4v) is 2.07. The summed E-state index contributed by atoms with van der Waals surface area (Å²) in [6, 6.07) is 7.25. The largest absolute Gasteiger partial charge is 0.481 e. The molecule has 1 aromatic rings. The zero-order valence-electron chi connectivity index (χ0n) is 10.3. The molecule has 1 unspecified atom stereocenters. The molecule has 1 aliphatic rings. The molecule has 2 atom stereocenters. The molecule has 2 N–H and O–H groups in total. The highest BCUT2D eigenvalue weighted by atomic mass is 35.5. The van der Waals surface area contributed by atoms with Crippen molar-refractivity contribution in [1.82, 2.24) is 10.6 Å². The molecule has 0 aromatic heterocycles. The second-order valence-electron chi connectivity index (χ2n) is 4.42. The fraction of sp³-hybridized carbons (Fsp3) is 0.462. The smallest absolute Gasteiger partial charge is 0.261 e. The summed E-state index contributed by atoms with van der Waals surface area (Å²) in [6.07, 6.45) is 0.444. The Balaban J connectivity index is 1.86. The Morgan fingerprint density at radius 1 is 1.61 bits per heavy atom. The molecule has 1 fully saturated rings. The van der Waals surface area contributed by atoms with E-state index in [-0.39, 0.29) is 11.9 Å². The lowest BCUT2D eigenvalue weighted by Crippen LogP contribution is -2.43. The maximum atomic E-state index is 11.9. The third-order valence-electron chi connectivity index (χ3n) is 2.88. The highest BCUT2D eigenvalue weighted by molar-refractivity contribution is 6.30. The van der Waals surface area contributed by atoms with Crippen molar-refractivity contribution in [2.24, 2.45) is 0 Å². The van der Waals surface area contributed by atoms with Crippen LogP contribution in [0.15, 0.2) is 24.3 Å². The Kier molecular flexibility index (Phi) is 4.44. The first kappa shape index (κ1) is 13.2. The standard InChI is InChI=1S/C13H17ClN2O2/c1-9(13(17)16-11-5-6-15-8-11)18-12-4-2-3-10(14)7-12/h2-4,7,9,11,15H,5-6,8H2,1H3,(H,16,17)/t9?,11-/m1/s1. The van der Waals surface area contributed by atoms with Gasteiger partial charge in [-0.2, -0.15) is 0 Å². The van der Waals surface area contributed by atoms with Crippen LogP contribution in [0, 0.1) is 0 Å². The predicted octanol–water partition coefficient (Wildman–Crippen LogP) is 1.59. The van der Waals surface area contributed by atoms with Crippen molar-refractivity contribution in [3.05, 3.63) is 29.3 Å². The molecule has 2 rings (SSSR count). The van der Waals surface area contributed by atoms with Crippen LogP contribution in [0.5, 0.6) is 5.75 Å². The molecule has 1 aliphatic heterocycles. The zero-order valence-corrected chi connectivity index (χ0v) is 11.0. The van der Waals surface area contributed by atoms with Crippen molar-refractivity contribution in [2.45, 2.75) is 25.5 Å². The summed E-state index contributed by atoms with van der Waals surface area (Å²) >= 11 is 5.86. The van der Waals surface area contributed by atoms with Gasteiger partial charge < -0.3 is 15.4 Å². The van der Waals surface area contributed by atoms with E-state index in [1.807, 2.05) is 0 Å². The van der Waals surface area contributed by atoms with E-state index in [0.717, 1.165) is 19.5 Å². The van der Waals surface area contributed by atoms with E-state index < -0.39 is 6.10 Å². The normalized spacial score (nSPS) is 20.4. The molecular weight excluding hydrogens is 252 g/mol. The van der Waals surface area contributed by atoms with Gasteiger partial charge >= 0.3 is 0 Å². The van der Waals surface area contributed by atoms with Gasteiger partial charge in [-0.1, -0.05) is 17.7 Å². The van der Waals surface area contributed by atoms with Gasteiger partial charge in [-0.15, -0.1) is 0 Å². The quantitative estimate of drug-likeness (QED) is 0.872. The minimum absolute atomic E-state index is 0.0938. The van der Waals surface area contributed by atoms with Crippen molar-refractivity contribution < 1.29 is 9.53 Å². The lowest BCUT2D eigenvalue weighted by atomic mass is 10.2. The van der Waals surface area contributed by atoms with Gasteiger partial charge in [0.2, 0.25) is 0 Å². The lowest BCUT2D eigenvalue weighted by Gasteiger charge is -2.17. The molecule has 1 aromatic carbocycles. The first-order chi connectivity index (χ1) is 8.65. The van der Waals surface area contributed by atoms with Crippen LogP contribution >= 0.6 is 11.6 Å². The first-order valence-electron chi connectivity index (χ1n) is 6.08. The molecule has 1 amide bonds. The van der Waals surface area contributed by atoms with Crippen LogP contribution in [-0.4, -0.2) is 31.1 Å². The summed E-state index contributed by atoms with van der Waals surface area (Å²) in [5, 5.41) is 6.75. The second kappa shape index (κ2) is 6.07.